The Bertz CT molecular complexity index is 230. The maximum Gasteiger partial charge on any atom is 0.215 e. The molecule has 0 amide bonds. The molecule has 1 saturated heterocycles. The van der Waals surface area contributed by atoms with E-state index in [4.69, 9.17) is 0 Å². The van der Waals surface area contributed by atoms with Crippen molar-refractivity contribution in [2.45, 2.75) is 13.0 Å². The lowest BCUT2D eigenvalue weighted by molar-refractivity contribution is 0.433. The van der Waals surface area contributed by atoms with E-state index >= 15 is 0 Å². The minimum atomic E-state index is -2.96. The molecule has 0 aromatic rings. The summed E-state index contributed by atoms with van der Waals surface area (Å²) in [5, 5.41) is 3.11. The van der Waals surface area contributed by atoms with E-state index in [0.717, 1.165) is 0 Å². The molecule has 74 valence electrons. The summed E-state index contributed by atoms with van der Waals surface area (Å²) in [5.41, 5.74) is 0. The van der Waals surface area contributed by atoms with Gasteiger partial charge in [-0.2, -0.15) is 0 Å². The van der Waals surface area contributed by atoms with Crippen LogP contribution in [0.15, 0.2) is 0 Å². The second kappa shape index (κ2) is 4.41. The van der Waals surface area contributed by atoms with Crippen LogP contribution in [0.2, 0.25) is 0 Å². The molecular weight excluding hydrogens is 200 g/mol. The van der Waals surface area contributed by atoms with E-state index in [9.17, 15) is 8.42 Å². The summed E-state index contributed by atoms with van der Waals surface area (Å²) in [6.45, 7) is 3.12. The summed E-state index contributed by atoms with van der Waals surface area (Å²) in [6, 6.07) is 0.261. The van der Waals surface area contributed by atoms with Crippen molar-refractivity contribution in [3.8, 4) is 0 Å². The molecular formula is C6H15ClN2O2S. The van der Waals surface area contributed by atoms with Crippen LogP contribution in [0.4, 0.5) is 0 Å². The Kier molecular flexibility index (Phi) is 4.47. The number of hydrogen-bond donors (Lipinski definition) is 1. The topological polar surface area (TPSA) is 49.4 Å². The van der Waals surface area contributed by atoms with Crippen LogP contribution >= 0.6 is 12.4 Å². The molecule has 0 aliphatic carbocycles. The van der Waals surface area contributed by atoms with Gasteiger partial charge in [0.15, 0.2) is 0 Å². The van der Waals surface area contributed by atoms with Gasteiger partial charge in [-0.15, -0.1) is 12.4 Å². The first-order valence-corrected chi connectivity index (χ1v) is 5.31. The number of nitrogens with one attached hydrogen (secondary N) is 1. The maximum absolute atomic E-state index is 11.2. The Morgan fingerprint density at radius 2 is 2.08 bits per heavy atom. The summed E-state index contributed by atoms with van der Waals surface area (Å²) >= 11 is 0. The van der Waals surface area contributed by atoms with E-state index in [1.165, 1.54) is 4.31 Å². The second-order valence-electron chi connectivity index (χ2n) is 2.95. The van der Waals surface area contributed by atoms with Crippen LogP contribution in [0.1, 0.15) is 6.92 Å². The fourth-order valence-corrected chi connectivity index (χ4v) is 2.29. The largest absolute Gasteiger partial charge is 0.312 e. The molecule has 0 unspecified atom stereocenters. The minimum Gasteiger partial charge on any atom is -0.312 e. The highest BCUT2D eigenvalue weighted by Gasteiger charge is 2.22. The zero-order valence-electron chi connectivity index (χ0n) is 7.28. The molecule has 1 aliphatic rings. The fraction of sp³-hybridized carbons (Fsp3) is 1.00. The van der Waals surface area contributed by atoms with Gasteiger partial charge in [0, 0.05) is 26.2 Å². The lowest BCUT2D eigenvalue weighted by atomic mass is 10.3. The van der Waals surface area contributed by atoms with Crippen molar-refractivity contribution in [2.75, 3.05) is 25.9 Å². The Hall–Kier alpha value is 0.160. The third-order valence-corrected chi connectivity index (χ3v) is 3.68. The van der Waals surface area contributed by atoms with E-state index in [1.54, 1.807) is 7.05 Å². The SMILES string of the molecule is C[C@H]1CN(C)S(=O)(=O)CCN1.Cl. The van der Waals surface area contributed by atoms with Gasteiger partial charge in [-0.25, -0.2) is 12.7 Å². The van der Waals surface area contributed by atoms with Gasteiger partial charge < -0.3 is 5.32 Å². The first-order chi connectivity index (χ1) is 5.02. The average molecular weight is 215 g/mol. The molecule has 6 heteroatoms. The summed E-state index contributed by atoms with van der Waals surface area (Å²) in [4.78, 5) is 0. The summed E-state index contributed by atoms with van der Waals surface area (Å²) in [7, 11) is -1.34. The average Bonchev–Trinajstić information content (AvgIpc) is 1.94. The number of sulfonamides is 1. The van der Waals surface area contributed by atoms with Crippen molar-refractivity contribution in [1.29, 1.82) is 0 Å². The van der Waals surface area contributed by atoms with Crippen LogP contribution in [0, 0.1) is 0 Å². The van der Waals surface area contributed by atoms with Gasteiger partial charge in [0.1, 0.15) is 0 Å². The zero-order chi connectivity index (χ0) is 8.48. The van der Waals surface area contributed by atoms with Gasteiger partial charge in [0.05, 0.1) is 5.75 Å². The van der Waals surface area contributed by atoms with Gasteiger partial charge in [-0.3, -0.25) is 0 Å². The highest BCUT2D eigenvalue weighted by Crippen LogP contribution is 2.02. The third kappa shape index (κ3) is 2.90. The van der Waals surface area contributed by atoms with Crippen molar-refractivity contribution in [2.24, 2.45) is 0 Å². The Balaban J connectivity index is 0.00000121. The van der Waals surface area contributed by atoms with Crippen molar-refractivity contribution >= 4 is 22.4 Å². The summed E-state index contributed by atoms with van der Waals surface area (Å²) in [5.74, 6) is 0.216. The summed E-state index contributed by atoms with van der Waals surface area (Å²) < 4.78 is 23.9. The number of halogens is 1. The van der Waals surface area contributed by atoms with Gasteiger partial charge in [-0.05, 0) is 6.92 Å². The molecule has 0 bridgehead atoms. The van der Waals surface area contributed by atoms with Crippen LogP contribution in [0.5, 0.6) is 0 Å². The number of nitrogens with zero attached hydrogens (tertiary/aromatic N) is 1. The maximum atomic E-state index is 11.2. The first kappa shape index (κ1) is 12.2. The Labute approximate surface area is 79.8 Å². The minimum absolute atomic E-state index is 0. The van der Waals surface area contributed by atoms with E-state index < -0.39 is 10.0 Å². The van der Waals surface area contributed by atoms with E-state index in [0.29, 0.717) is 13.1 Å². The molecule has 1 aliphatic heterocycles. The Morgan fingerprint density at radius 1 is 1.50 bits per heavy atom. The molecule has 1 atom stereocenters. The van der Waals surface area contributed by atoms with Gasteiger partial charge in [0.25, 0.3) is 0 Å². The second-order valence-corrected chi connectivity index (χ2v) is 5.15. The van der Waals surface area contributed by atoms with E-state index in [1.807, 2.05) is 6.92 Å². The van der Waals surface area contributed by atoms with Crippen molar-refractivity contribution in [1.82, 2.24) is 9.62 Å². The van der Waals surface area contributed by atoms with E-state index in [-0.39, 0.29) is 24.2 Å². The van der Waals surface area contributed by atoms with Gasteiger partial charge in [-0.1, -0.05) is 0 Å². The lowest BCUT2D eigenvalue weighted by Crippen LogP contribution is -2.34. The van der Waals surface area contributed by atoms with Crippen LogP contribution in [-0.4, -0.2) is 44.7 Å². The molecule has 0 aromatic heterocycles. The Morgan fingerprint density at radius 3 is 2.67 bits per heavy atom. The van der Waals surface area contributed by atoms with Gasteiger partial charge in [0.2, 0.25) is 10.0 Å². The molecule has 1 rings (SSSR count). The van der Waals surface area contributed by atoms with Crippen molar-refractivity contribution < 1.29 is 8.42 Å². The molecule has 1 heterocycles. The van der Waals surface area contributed by atoms with E-state index in [2.05, 4.69) is 5.32 Å². The number of rotatable bonds is 0. The van der Waals surface area contributed by atoms with Crippen LogP contribution in [0.25, 0.3) is 0 Å². The first-order valence-electron chi connectivity index (χ1n) is 3.70. The van der Waals surface area contributed by atoms with Crippen molar-refractivity contribution in [3.05, 3.63) is 0 Å². The highest BCUT2D eigenvalue weighted by molar-refractivity contribution is 7.89. The standard InChI is InChI=1S/C6H14N2O2S.ClH/c1-6-5-8(2)11(9,10)4-3-7-6;/h6-7H,3-5H2,1-2H3;1H/t6-;/m0./s1. The molecule has 12 heavy (non-hydrogen) atoms. The number of likely N-dealkylation sites (N-methyl/N-ethyl adjacent to an activating group) is 1. The predicted molar refractivity (Wildman–Crippen MR) is 51.1 cm³/mol. The molecule has 0 saturated carbocycles. The van der Waals surface area contributed by atoms with Crippen molar-refractivity contribution in [3.63, 3.8) is 0 Å². The molecule has 1 N–H and O–H groups in total. The quantitative estimate of drug-likeness (QED) is 0.601. The zero-order valence-corrected chi connectivity index (χ0v) is 8.91. The van der Waals surface area contributed by atoms with Gasteiger partial charge >= 0.3 is 0 Å². The normalized spacial score (nSPS) is 30.3. The smallest absolute Gasteiger partial charge is 0.215 e. The molecule has 4 nitrogen and oxygen atoms in total. The summed E-state index contributed by atoms with van der Waals surface area (Å²) in [6.07, 6.45) is 0. The fourth-order valence-electron chi connectivity index (χ4n) is 1.15. The lowest BCUT2D eigenvalue weighted by Gasteiger charge is -2.15. The molecule has 0 aromatic carbocycles. The molecule has 0 spiro atoms. The highest BCUT2D eigenvalue weighted by atomic mass is 35.5. The third-order valence-electron chi connectivity index (χ3n) is 1.86. The molecule has 1 fully saturated rings. The monoisotopic (exact) mass is 214 g/mol. The van der Waals surface area contributed by atoms with Crippen LogP contribution in [-0.2, 0) is 10.0 Å². The number of hydrogen-bond acceptors (Lipinski definition) is 3. The predicted octanol–water partition coefficient (Wildman–Crippen LogP) is -0.338. The van der Waals surface area contributed by atoms with Crippen LogP contribution < -0.4 is 5.32 Å². The van der Waals surface area contributed by atoms with Crippen LogP contribution in [0.3, 0.4) is 0 Å². The molecule has 0 radical (unpaired) electrons.